The predicted molar refractivity (Wildman–Crippen MR) is 69.3 cm³/mol. The first-order chi connectivity index (χ1) is 8.74. The minimum atomic E-state index is 0.0206. The minimum Gasteiger partial charge on any atom is -0.454 e. The van der Waals surface area contributed by atoms with Crippen molar-refractivity contribution >= 4 is 22.6 Å². The molecule has 3 rings (SSSR count). The predicted octanol–water partition coefficient (Wildman–Crippen LogP) is 2.43. The standard InChI is InChI=1S/C14H14N2O2/c1-9(15-16-14(17)10-6-7-10)13-8-11-4-2-3-5-12(11)18-13/h2-5,8,10,15H,1,6-7H2,(H,16,17). The number of fused-ring (bicyclic) bond motifs is 1. The van der Waals surface area contributed by atoms with Crippen molar-refractivity contribution in [3.8, 4) is 0 Å². The molecule has 1 saturated carbocycles. The van der Waals surface area contributed by atoms with E-state index >= 15 is 0 Å². The highest BCUT2D eigenvalue weighted by molar-refractivity contribution is 5.83. The minimum absolute atomic E-state index is 0.0206. The molecule has 4 nitrogen and oxygen atoms in total. The quantitative estimate of drug-likeness (QED) is 0.810. The molecule has 0 aliphatic heterocycles. The van der Waals surface area contributed by atoms with Crippen LogP contribution < -0.4 is 10.9 Å². The molecule has 0 unspecified atom stereocenters. The van der Waals surface area contributed by atoms with E-state index in [1.165, 1.54) is 0 Å². The Kier molecular flexibility index (Phi) is 2.55. The van der Waals surface area contributed by atoms with E-state index in [2.05, 4.69) is 17.4 Å². The van der Waals surface area contributed by atoms with Gasteiger partial charge >= 0.3 is 0 Å². The molecule has 1 aromatic carbocycles. The van der Waals surface area contributed by atoms with E-state index in [9.17, 15) is 4.79 Å². The number of carbonyl (C=O) groups excluding carboxylic acids is 1. The molecule has 1 fully saturated rings. The van der Waals surface area contributed by atoms with Crippen molar-refractivity contribution in [1.29, 1.82) is 0 Å². The zero-order valence-electron chi connectivity index (χ0n) is 9.90. The molecule has 1 aliphatic carbocycles. The van der Waals surface area contributed by atoms with Crippen molar-refractivity contribution in [2.75, 3.05) is 0 Å². The highest BCUT2D eigenvalue weighted by atomic mass is 16.3. The average Bonchev–Trinajstić information content (AvgIpc) is 3.14. The van der Waals surface area contributed by atoms with E-state index in [1.54, 1.807) is 0 Å². The van der Waals surface area contributed by atoms with Gasteiger partial charge in [0.15, 0.2) is 5.76 Å². The number of para-hydroxylation sites is 1. The first-order valence-electron chi connectivity index (χ1n) is 5.98. The van der Waals surface area contributed by atoms with Gasteiger partial charge in [-0.1, -0.05) is 24.8 Å². The molecule has 0 atom stereocenters. The zero-order chi connectivity index (χ0) is 12.5. The number of hydrogen-bond acceptors (Lipinski definition) is 3. The monoisotopic (exact) mass is 242 g/mol. The van der Waals surface area contributed by atoms with Crippen LogP contribution in [-0.2, 0) is 4.79 Å². The van der Waals surface area contributed by atoms with Crippen LogP contribution in [0.1, 0.15) is 18.6 Å². The van der Waals surface area contributed by atoms with E-state index in [4.69, 9.17) is 4.42 Å². The lowest BCUT2D eigenvalue weighted by Crippen LogP contribution is -2.36. The fraction of sp³-hybridized carbons (Fsp3) is 0.214. The summed E-state index contributed by atoms with van der Waals surface area (Å²) in [6, 6.07) is 9.63. The van der Waals surface area contributed by atoms with Crippen molar-refractivity contribution in [1.82, 2.24) is 10.9 Å². The molecule has 0 radical (unpaired) electrons. The Balaban J connectivity index is 1.69. The summed E-state index contributed by atoms with van der Waals surface area (Å²) in [7, 11) is 0. The molecular formula is C14H14N2O2. The number of carbonyl (C=O) groups is 1. The van der Waals surface area contributed by atoms with Gasteiger partial charge in [-0.25, -0.2) is 0 Å². The summed E-state index contributed by atoms with van der Waals surface area (Å²) in [5, 5.41) is 1.02. The van der Waals surface area contributed by atoms with Crippen LogP contribution in [0.25, 0.3) is 16.7 Å². The van der Waals surface area contributed by atoms with E-state index in [-0.39, 0.29) is 11.8 Å². The summed E-state index contributed by atoms with van der Waals surface area (Å²) in [4.78, 5) is 11.5. The molecule has 0 spiro atoms. The van der Waals surface area contributed by atoms with Crippen molar-refractivity contribution in [3.63, 3.8) is 0 Å². The summed E-state index contributed by atoms with van der Waals surface area (Å²) in [5.41, 5.74) is 6.80. The summed E-state index contributed by atoms with van der Waals surface area (Å²) in [5.74, 6) is 0.820. The number of amides is 1. The summed E-state index contributed by atoms with van der Waals surface area (Å²) in [6.07, 6.45) is 1.95. The molecule has 92 valence electrons. The topological polar surface area (TPSA) is 54.3 Å². The molecule has 0 saturated heterocycles. The van der Waals surface area contributed by atoms with Gasteiger partial charge in [0.1, 0.15) is 5.58 Å². The van der Waals surface area contributed by atoms with Crippen molar-refractivity contribution in [2.45, 2.75) is 12.8 Å². The fourth-order valence-electron chi connectivity index (χ4n) is 1.78. The third-order valence-electron chi connectivity index (χ3n) is 3.01. The number of hydrogen-bond donors (Lipinski definition) is 2. The van der Waals surface area contributed by atoms with Crippen LogP contribution in [0.2, 0.25) is 0 Å². The van der Waals surface area contributed by atoms with Crippen LogP contribution in [0.15, 0.2) is 41.3 Å². The highest BCUT2D eigenvalue weighted by Crippen LogP contribution is 2.28. The fourth-order valence-corrected chi connectivity index (χ4v) is 1.78. The van der Waals surface area contributed by atoms with Crippen LogP contribution >= 0.6 is 0 Å². The first-order valence-corrected chi connectivity index (χ1v) is 5.98. The van der Waals surface area contributed by atoms with Crippen molar-refractivity contribution < 1.29 is 9.21 Å². The van der Waals surface area contributed by atoms with Gasteiger partial charge in [0.2, 0.25) is 5.91 Å². The van der Waals surface area contributed by atoms with Crippen LogP contribution in [0.5, 0.6) is 0 Å². The van der Waals surface area contributed by atoms with Crippen molar-refractivity contribution in [3.05, 3.63) is 42.7 Å². The Morgan fingerprint density at radius 3 is 2.78 bits per heavy atom. The van der Waals surface area contributed by atoms with Gasteiger partial charge in [0.05, 0.1) is 5.70 Å². The van der Waals surface area contributed by atoms with E-state index < -0.39 is 0 Å². The SMILES string of the molecule is C=C(NNC(=O)C1CC1)c1cc2ccccc2o1. The molecule has 1 heterocycles. The van der Waals surface area contributed by atoms with Gasteiger partial charge in [0.25, 0.3) is 0 Å². The number of furan rings is 1. The smallest absolute Gasteiger partial charge is 0.241 e. The molecule has 0 bridgehead atoms. The van der Waals surface area contributed by atoms with Gasteiger partial charge in [-0.05, 0) is 25.0 Å². The maximum absolute atomic E-state index is 11.5. The summed E-state index contributed by atoms with van der Waals surface area (Å²) in [6.45, 7) is 3.85. The molecule has 2 N–H and O–H groups in total. The van der Waals surface area contributed by atoms with E-state index in [0.717, 1.165) is 23.8 Å². The van der Waals surface area contributed by atoms with Crippen molar-refractivity contribution in [2.24, 2.45) is 5.92 Å². The molecular weight excluding hydrogens is 228 g/mol. The Bertz CT molecular complexity index is 578. The van der Waals surface area contributed by atoms with Crippen LogP contribution in [0, 0.1) is 5.92 Å². The van der Waals surface area contributed by atoms with Crippen LogP contribution in [0.3, 0.4) is 0 Å². The molecule has 2 aromatic rings. The number of rotatable bonds is 4. The van der Waals surface area contributed by atoms with Crippen LogP contribution in [0.4, 0.5) is 0 Å². The van der Waals surface area contributed by atoms with Gasteiger partial charge in [0, 0.05) is 11.3 Å². The van der Waals surface area contributed by atoms with E-state index in [1.807, 2.05) is 30.3 Å². The van der Waals surface area contributed by atoms with Gasteiger partial charge in [-0.3, -0.25) is 15.6 Å². The molecule has 1 aromatic heterocycles. The van der Waals surface area contributed by atoms with Crippen LogP contribution in [-0.4, -0.2) is 5.91 Å². The Morgan fingerprint density at radius 1 is 1.28 bits per heavy atom. The Hall–Kier alpha value is -2.23. The Morgan fingerprint density at radius 2 is 2.06 bits per heavy atom. The maximum atomic E-state index is 11.5. The number of nitrogens with one attached hydrogen (secondary N) is 2. The second kappa shape index (κ2) is 4.22. The second-order valence-electron chi connectivity index (χ2n) is 4.52. The normalized spacial score (nSPS) is 14.4. The highest BCUT2D eigenvalue weighted by Gasteiger charge is 2.29. The molecule has 18 heavy (non-hydrogen) atoms. The average molecular weight is 242 g/mol. The lowest BCUT2D eigenvalue weighted by molar-refractivity contribution is -0.122. The molecule has 4 heteroatoms. The lowest BCUT2D eigenvalue weighted by Gasteiger charge is -2.07. The maximum Gasteiger partial charge on any atom is 0.241 e. The zero-order valence-corrected chi connectivity index (χ0v) is 9.90. The lowest BCUT2D eigenvalue weighted by atomic mass is 10.2. The number of hydrazine groups is 1. The largest absolute Gasteiger partial charge is 0.454 e. The molecule has 1 aliphatic rings. The third-order valence-corrected chi connectivity index (χ3v) is 3.01. The van der Waals surface area contributed by atoms with Gasteiger partial charge in [-0.15, -0.1) is 0 Å². The van der Waals surface area contributed by atoms with Gasteiger partial charge in [-0.2, -0.15) is 0 Å². The third kappa shape index (κ3) is 2.09. The first kappa shape index (κ1) is 10.9. The summed E-state index contributed by atoms with van der Waals surface area (Å²) >= 11 is 0. The number of benzene rings is 1. The molecule has 1 amide bonds. The second-order valence-corrected chi connectivity index (χ2v) is 4.52. The van der Waals surface area contributed by atoms with Gasteiger partial charge < -0.3 is 4.42 Å². The van der Waals surface area contributed by atoms with E-state index in [0.29, 0.717) is 11.5 Å². The Labute approximate surface area is 105 Å². The summed E-state index contributed by atoms with van der Waals surface area (Å²) < 4.78 is 5.62.